The number of rotatable bonds is 4. The van der Waals surface area contributed by atoms with Gasteiger partial charge in [-0.3, -0.25) is 4.79 Å². The van der Waals surface area contributed by atoms with Gasteiger partial charge in [0.1, 0.15) is 0 Å². The van der Waals surface area contributed by atoms with Gasteiger partial charge in [-0.25, -0.2) is 0 Å². The van der Waals surface area contributed by atoms with Crippen molar-refractivity contribution < 1.29 is 9.90 Å². The molecule has 2 fully saturated rings. The Morgan fingerprint density at radius 3 is 2.53 bits per heavy atom. The maximum Gasteiger partial charge on any atom is 0.306 e. The first-order valence-electron chi connectivity index (χ1n) is 7.72. The first-order chi connectivity index (χ1) is 9.06. The summed E-state index contributed by atoms with van der Waals surface area (Å²) in [6.45, 7) is 4.56. The van der Waals surface area contributed by atoms with Gasteiger partial charge in [-0.15, -0.1) is 0 Å². The zero-order chi connectivity index (χ0) is 13.8. The number of nitrogens with zero attached hydrogens (tertiary/aromatic N) is 1. The van der Waals surface area contributed by atoms with Gasteiger partial charge < -0.3 is 15.3 Å². The smallest absolute Gasteiger partial charge is 0.306 e. The van der Waals surface area contributed by atoms with Gasteiger partial charge in [0.05, 0.1) is 5.92 Å². The van der Waals surface area contributed by atoms with Crippen molar-refractivity contribution in [3.63, 3.8) is 0 Å². The molecule has 1 aliphatic heterocycles. The summed E-state index contributed by atoms with van der Waals surface area (Å²) in [5.41, 5.74) is 0. The fourth-order valence-electron chi connectivity index (χ4n) is 3.42. The summed E-state index contributed by atoms with van der Waals surface area (Å²) in [5.74, 6) is 0.000663. The van der Waals surface area contributed by atoms with Gasteiger partial charge >= 0.3 is 5.97 Å². The molecule has 1 heterocycles. The molecule has 0 aromatic carbocycles. The van der Waals surface area contributed by atoms with E-state index in [1.54, 1.807) is 0 Å². The number of hydrogen-bond acceptors (Lipinski definition) is 3. The van der Waals surface area contributed by atoms with Crippen LogP contribution in [-0.4, -0.2) is 48.2 Å². The Morgan fingerprint density at radius 2 is 1.95 bits per heavy atom. The van der Waals surface area contributed by atoms with E-state index in [9.17, 15) is 4.79 Å². The first-order valence-corrected chi connectivity index (χ1v) is 7.72. The highest BCUT2D eigenvalue weighted by Crippen LogP contribution is 2.28. The number of aliphatic carboxylic acids is 1. The molecule has 19 heavy (non-hydrogen) atoms. The van der Waals surface area contributed by atoms with E-state index in [4.69, 9.17) is 5.11 Å². The van der Waals surface area contributed by atoms with E-state index in [2.05, 4.69) is 24.2 Å². The van der Waals surface area contributed by atoms with Crippen LogP contribution in [0.25, 0.3) is 0 Å². The second-order valence-electron chi connectivity index (χ2n) is 6.52. The number of carboxylic acids is 1. The molecular weight excluding hydrogens is 240 g/mol. The van der Waals surface area contributed by atoms with Crippen molar-refractivity contribution in [2.24, 2.45) is 11.8 Å². The predicted molar refractivity (Wildman–Crippen MR) is 76.2 cm³/mol. The minimum Gasteiger partial charge on any atom is -0.481 e. The van der Waals surface area contributed by atoms with Crippen LogP contribution in [0.15, 0.2) is 0 Å². The van der Waals surface area contributed by atoms with Crippen LogP contribution in [-0.2, 0) is 4.79 Å². The molecule has 0 spiro atoms. The van der Waals surface area contributed by atoms with E-state index in [0.717, 1.165) is 32.2 Å². The normalized spacial score (nSPS) is 37.2. The Bertz CT molecular complexity index is 301. The lowest BCUT2D eigenvalue weighted by molar-refractivity contribution is -0.143. The Balaban J connectivity index is 1.65. The van der Waals surface area contributed by atoms with Crippen LogP contribution < -0.4 is 5.32 Å². The first kappa shape index (κ1) is 14.8. The number of likely N-dealkylation sites (tertiary alicyclic amines) is 1. The second-order valence-corrected chi connectivity index (χ2v) is 6.52. The molecule has 2 N–H and O–H groups in total. The van der Waals surface area contributed by atoms with Crippen LogP contribution in [0, 0.1) is 11.8 Å². The Labute approximate surface area is 116 Å². The lowest BCUT2D eigenvalue weighted by Crippen LogP contribution is -2.46. The van der Waals surface area contributed by atoms with Crippen LogP contribution in [0.5, 0.6) is 0 Å². The Hall–Kier alpha value is -0.610. The molecule has 4 heteroatoms. The van der Waals surface area contributed by atoms with E-state index in [1.807, 2.05) is 0 Å². The van der Waals surface area contributed by atoms with Gasteiger partial charge in [-0.1, -0.05) is 0 Å². The fourth-order valence-corrected chi connectivity index (χ4v) is 3.42. The summed E-state index contributed by atoms with van der Waals surface area (Å²) >= 11 is 0. The van der Waals surface area contributed by atoms with Crippen molar-refractivity contribution in [1.82, 2.24) is 10.2 Å². The third-order valence-electron chi connectivity index (χ3n) is 5.10. The summed E-state index contributed by atoms with van der Waals surface area (Å²) in [6.07, 6.45) is 6.36. The molecule has 2 aliphatic rings. The summed E-state index contributed by atoms with van der Waals surface area (Å²) in [5, 5.41) is 12.7. The monoisotopic (exact) mass is 268 g/mol. The van der Waals surface area contributed by atoms with Crippen LogP contribution in [0.4, 0.5) is 0 Å². The van der Waals surface area contributed by atoms with Gasteiger partial charge in [0.15, 0.2) is 0 Å². The average molecular weight is 268 g/mol. The molecule has 0 aromatic heterocycles. The number of carboxylic acid groups (broad SMARTS) is 1. The lowest BCUT2D eigenvalue weighted by atomic mass is 9.82. The Kier molecular flexibility index (Phi) is 5.22. The molecule has 1 aliphatic carbocycles. The van der Waals surface area contributed by atoms with Gasteiger partial charge in [-0.05, 0) is 71.5 Å². The Morgan fingerprint density at radius 1 is 1.26 bits per heavy atom. The van der Waals surface area contributed by atoms with Crippen LogP contribution >= 0.6 is 0 Å². The highest BCUT2D eigenvalue weighted by Gasteiger charge is 2.27. The molecule has 1 saturated heterocycles. The number of piperidine rings is 1. The minimum absolute atomic E-state index is 0.0837. The third-order valence-corrected chi connectivity index (χ3v) is 5.10. The summed E-state index contributed by atoms with van der Waals surface area (Å²) in [4.78, 5) is 13.3. The lowest BCUT2D eigenvalue weighted by Gasteiger charge is -2.36. The average Bonchev–Trinajstić information content (AvgIpc) is 2.40. The zero-order valence-electron chi connectivity index (χ0n) is 12.3. The van der Waals surface area contributed by atoms with E-state index < -0.39 is 5.97 Å². The number of nitrogens with one attached hydrogen (secondary N) is 1. The van der Waals surface area contributed by atoms with E-state index in [1.165, 1.54) is 19.4 Å². The molecule has 0 bridgehead atoms. The third kappa shape index (κ3) is 4.18. The molecule has 1 saturated carbocycles. The predicted octanol–water partition coefficient (Wildman–Crippen LogP) is 1.95. The van der Waals surface area contributed by atoms with E-state index >= 15 is 0 Å². The minimum atomic E-state index is -0.601. The topological polar surface area (TPSA) is 52.6 Å². The van der Waals surface area contributed by atoms with Crippen LogP contribution in [0.1, 0.15) is 45.4 Å². The van der Waals surface area contributed by atoms with Gasteiger partial charge in [-0.2, -0.15) is 0 Å². The van der Waals surface area contributed by atoms with Crippen molar-refractivity contribution in [1.29, 1.82) is 0 Å². The molecular formula is C15H28N2O2. The van der Waals surface area contributed by atoms with Crippen LogP contribution in [0.3, 0.4) is 0 Å². The molecule has 2 rings (SSSR count). The molecule has 4 nitrogen and oxygen atoms in total. The largest absolute Gasteiger partial charge is 0.481 e. The highest BCUT2D eigenvalue weighted by atomic mass is 16.4. The molecule has 0 amide bonds. The summed E-state index contributed by atoms with van der Waals surface area (Å²) in [7, 11) is 2.20. The SMILES string of the molecule is CC1CC(NCC2CCC(C(=O)O)CC2)CCN1C. The highest BCUT2D eigenvalue weighted by molar-refractivity contribution is 5.69. The molecule has 0 radical (unpaired) electrons. The van der Waals surface area contributed by atoms with Crippen molar-refractivity contribution >= 4 is 5.97 Å². The van der Waals surface area contributed by atoms with E-state index in [0.29, 0.717) is 18.0 Å². The fraction of sp³-hybridized carbons (Fsp3) is 0.933. The maximum atomic E-state index is 10.9. The molecule has 110 valence electrons. The van der Waals surface area contributed by atoms with Crippen LogP contribution in [0.2, 0.25) is 0 Å². The molecule has 2 atom stereocenters. The number of hydrogen-bond donors (Lipinski definition) is 2. The quantitative estimate of drug-likeness (QED) is 0.818. The van der Waals surface area contributed by atoms with Crippen molar-refractivity contribution in [3.8, 4) is 0 Å². The second kappa shape index (κ2) is 6.71. The van der Waals surface area contributed by atoms with Crippen molar-refractivity contribution in [3.05, 3.63) is 0 Å². The van der Waals surface area contributed by atoms with E-state index in [-0.39, 0.29) is 5.92 Å². The molecule has 0 aromatic rings. The van der Waals surface area contributed by atoms with Gasteiger partial charge in [0.25, 0.3) is 0 Å². The summed E-state index contributed by atoms with van der Waals surface area (Å²) in [6, 6.07) is 1.33. The standard InChI is InChI=1S/C15H28N2O2/c1-11-9-14(7-8-17(11)2)16-10-12-3-5-13(6-4-12)15(18)19/h11-14,16H,3-10H2,1-2H3,(H,18,19). The maximum absolute atomic E-state index is 10.9. The van der Waals surface area contributed by atoms with Gasteiger partial charge in [0, 0.05) is 12.1 Å². The molecule has 2 unspecified atom stereocenters. The van der Waals surface area contributed by atoms with Gasteiger partial charge in [0.2, 0.25) is 0 Å². The van der Waals surface area contributed by atoms with Crippen molar-refractivity contribution in [2.75, 3.05) is 20.1 Å². The summed E-state index contributed by atoms with van der Waals surface area (Å²) < 4.78 is 0. The van der Waals surface area contributed by atoms with Crippen molar-refractivity contribution in [2.45, 2.75) is 57.5 Å². The number of carbonyl (C=O) groups is 1. The zero-order valence-corrected chi connectivity index (χ0v) is 12.3.